The van der Waals surface area contributed by atoms with Gasteiger partial charge in [0.2, 0.25) is 0 Å². The molecule has 0 aromatic heterocycles. The zero-order chi connectivity index (χ0) is 15.4. The molecule has 0 rings (SSSR count). The highest BCUT2D eigenvalue weighted by atomic mass is 14.0. The molecule has 0 saturated heterocycles. The molecule has 21 heavy (non-hydrogen) atoms. The summed E-state index contributed by atoms with van der Waals surface area (Å²) in [4.78, 5) is 0. The first-order chi connectivity index (χ1) is 10.4. The van der Waals surface area contributed by atoms with Gasteiger partial charge < -0.3 is 0 Å². The van der Waals surface area contributed by atoms with Gasteiger partial charge in [-0.2, -0.15) is 0 Å². The van der Waals surface area contributed by atoms with Crippen LogP contribution in [-0.4, -0.2) is 0 Å². The van der Waals surface area contributed by atoms with Crippen molar-refractivity contribution < 1.29 is 0 Å². The van der Waals surface area contributed by atoms with Gasteiger partial charge in [0.25, 0.3) is 0 Å². The summed E-state index contributed by atoms with van der Waals surface area (Å²) in [5.74, 6) is 0. The first kappa shape index (κ1) is 20.5. The lowest BCUT2D eigenvalue weighted by atomic mass is 10.1. The van der Waals surface area contributed by atoms with Crippen LogP contribution in [0.2, 0.25) is 0 Å². The number of hydrogen-bond donors (Lipinski definition) is 0. The van der Waals surface area contributed by atoms with E-state index in [-0.39, 0.29) is 0 Å². The van der Waals surface area contributed by atoms with E-state index in [0.717, 1.165) is 0 Å². The van der Waals surface area contributed by atoms with Gasteiger partial charge in [-0.3, -0.25) is 0 Å². The van der Waals surface area contributed by atoms with Crippen LogP contribution in [0.4, 0.5) is 0 Å². The van der Waals surface area contributed by atoms with Crippen molar-refractivity contribution in [3.8, 4) is 0 Å². The van der Waals surface area contributed by atoms with E-state index < -0.39 is 0 Å². The van der Waals surface area contributed by atoms with Crippen molar-refractivity contribution in [2.45, 2.75) is 110 Å². The van der Waals surface area contributed by atoms with Gasteiger partial charge in [0, 0.05) is 0 Å². The van der Waals surface area contributed by atoms with Crippen LogP contribution in [0.15, 0.2) is 24.3 Å². The molecule has 0 amide bonds. The molecule has 0 N–H and O–H groups in total. The molecule has 0 spiro atoms. The van der Waals surface area contributed by atoms with Crippen LogP contribution in [-0.2, 0) is 0 Å². The van der Waals surface area contributed by atoms with Crippen LogP contribution in [0.5, 0.6) is 0 Å². The normalized spacial score (nSPS) is 11.9. The Balaban J connectivity index is 3.08. The zero-order valence-electron chi connectivity index (χ0n) is 14.9. The third kappa shape index (κ3) is 19.5. The third-order valence-electron chi connectivity index (χ3n) is 4.02. The first-order valence-corrected chi connectivity index (χ1v) is 9.71. The van der Waals surface area contributed by atoms with Crippen molar-refractivity contribution in [1.82, 2.24) is 0 Å². The second-order valence-electron chi connectivity index (χ2n) is 6.28. The smallest absolute Gasteiger partial charge is 0.0351 e. The van der Waals surface area contributed by atoms with E-state index in [2.05, 4.69) is 38.2 Å². The van der Waals surface area contributed by atoms with Crippen LogP contribution in [0.25, 0.3) is 0 Å². The van der Waals surface area contributed by atoms with Crippen molar-refractivity contribution >= 4 is 0 Å². The van der Waals surface area contributed by atoms with Crippen molar-refractivity contribution in [3.05, 3.63) is 24.3 Å². The molecule has 0 aliphatic carbocycles. The molecule has 0 saturated carbocycles. The fraction of sp³-hybridized carbons (Fsp3) is 0.810. The minimum Gasteiger partial charge on any atom is -0.0885 e. The minimum absolute atomic E-state index is 1.29. The maximum Gasteiger partial charge on any atom is -0.0351 e. The lowest BCUT2D eigenvalue weighted by Crippen LogP contribution is -1.79. The quantitative estimate of drug-likeness (QED) is 0.200. The fourth-order valence-electron chi connectivity index (χ4n) is 2.55. The Morgan fingerprint density at radius 2 is 0.667 bits per heavy atom. The first-order valence-electron chi connectivity index (χ1n) is 9.71. The monoisotopic (exact) mass is 292 g/mol. The largest absolute Gasteiger partial charge is 0.0885 e. The van der Waals surface area contributed by atoms with Crippen molar-refractivity contribution in [1.29, 1.82) is 0 Å². The Bertz CT molecular complexity index is 200. The van der Waals surface area contributed by atoms with Gasteiger partial charge in [0.15, 0.2) is 0 Å². The van der Waals surface area contributed by atoms with Crippen molar-refractivity contribution in [3.63, 3.8) is 0 Å². The Morgan fingerprint density at radius 3 is 1.00 bits per heavy atom. The standard InChI is InChI=1S/C21H40/c1-3-5-7-9-11-13-15-17-19-21-20-18-16-14-12-10-8-6-4-2/h11-14H,3-10,15-21H2,1-2H3/b13-11-,14-12-. The van der Waals surface area contributed by atoms with Gasteiger partial charge in [-0.15, -0.1) is 0 Å². The molecule has 0 nitrogen and oxygen atoms in total. The molecule has 0 aromatic rings. The highest BCUT2D eigenvalue weighted by Gasteiger charge is 1.89. The maximum atomic E-state index is 2.40. The summed E-state index contributed by atoms with van der Waals surface area (Å²) in [6.45, 7) is 4.54. The lowest BCUT2D eigenvalue weighted by Gasteiger charge is -1.98. The molecule has 0 unspecified atom stereocenters. The van der Waals surface area contributed by atoms with Gasteiger partial charge in [-0.1, -0.05) is 83.1 Å². The molecule has 0 fully saturated rings. The Kier molecular flexibility index (Phi) is 19.0. The summed E-state index contributed by atoms with van der Waals surface area (Å²) in [5, 5.41) is 0. The van der Waals surface area contributed by atoms with Gasteiger partial charge in [-0.05, 0) is 51.4 Å². The SMILES string of the molecule is CCCCC/C=C\CCCCCCC/C=C\CCCCC. The van der Waals surface area contributed by atoms with Crippen LogP contribution in [0.1, 0.15) is 110 Å². The van der Waals surface area contributed by atoms with Crippen LogP contribution in [0.3, 0.4) is 0 Å². The molecule has 0 heterocycles. The van der Waals surface area contributed by atoms with Crippen molar-refractivity contribution in [2.24, 2.45) is 0 Å². The summed E-state index contributed by atoms with van der Waals surface area (Å²) in [5.41, 5.74) is 0. The van der Waals surface area contributed by atoms with Gasteiger partial charge >= 0.3 is 0 Å². The average molecular weight is 293 g/mol. The van der Waals surface area contributed by atoms with E-state index in [9.17, 15) is 0 Å². The molecule has 0 atom stereocenters. The summed E-state index contributed by atoms with van der Waals surface area (Å²) < 4.78 is 0. The molecular weight excluding hydrogens is 252 g/mol. The molecule has 0 radical (unpaired) electrons. The highest BCUT2D eigenvalue weighted by molar-refractivity contribution is 4.82. The van der Waals surface area contributed by atoms with E-state index >= 15 is 0 Å². The second kappa shape index (κ2) is 19.5. The molecule has 0 aliphatic heterocycles. The second-order valence-corrected chi connectivity index (χ2v) is 6.28. The van der Waals surface area contributed by atoms with E-state index in [1.807, 2.05) is 0 Å². The topological polar surface area (TPSA) is 0 Å². The Labute approximate surface area is 135 Å². The number of hydrogen-bond acceptors (Lipinski definition) is 0. The van der Waals surface area contributed by atoms with Gasteiger partial charge in [0.1, 0.15) is 0 Å². The van der Waals surface area contributed by atoms with E-state index in [1.54, 1.807) is 0 Å². The maximum absolute atomic E-state index is 2.40. The predicted molar refractivity (Wildman–Crippen MR) is 98.9 cm³/mol. The molecule has 124 valence electrons. The number of rotatable bonds is 16. The summed E-state index contributed by atoms with van der Waals surface area (Å²) >= 11 is 0. The van der Waals surface area contributed by atoms with Crippen molar-refractivity contribution in [2.75, 3.05) is 0 Å². The highest BCUT2D eigenvalue weighted by Crippen LogP contribution is 2.09. The number of allylic oxidation sites excluding steroid dienone is 4. The van der Waals surface area contributed by atoms with E-state index in [1.165, 1.54) is 96.3 Å². The fourth-order valence-corrected chi connectivity index (χ4v) is 2.55. The summed E-state index contributed by atoms with van der Waals surface area (Å²) in [6.07, 6.45) is 30.0. The van der Waals surface area contributed by atoms with Crippen LogP contribution < -0.4 is 0 Å². The molecule has 0 bridgehead atoms. The Morgan fingerprint density at radius 1 is 0.381 bits per heavy atom. The van der Waals surface area contributed by atoms with E-state index in [4.69, 9.17) is 0 Å². The molecule has 0 aromatic carbocycles. The summed E-state index contributed by atoms with van der Waals surface area (Å²) in [7, 11) is 0. The minimum atomic E-state index is 1.29. The Hall–Kier alpha value is -0.520. The third-order valence-corrected chi connectivity index (χ3v) is 4.02. The van der Waals surface area contributed by atoms with Crippen LogP contribution >= 0.6 is 0 Å². The zero-order valence-corrected chi connectivity index (χ0v) is 14.9. The average Bonchev–Trinajstić information content (AvgIpc) is 2.50. The van der Waals surface area contributed by atoms with E-state index in [0.29, 0.717) is 0 Å². The number of unbranched alkanes of at least 4 members (excludes halogenated alkanes) is 12. The van der Waals surface area contributed by atoms with Gasteiger partial charge in [0.05, 0.1) is 0 Å². The summed E-state index contributed by atoms with van der Waals surface area (Å²) in [6, 6.07) is 0. The van der Waals surface area contributed by atoms with Crippen LogP contribution in [0, 0.1) is 0 Å². The predicted octanol–water partition coefficient (Wildman–Crippen LogP) is 7.99. The lowest BCUT2D eigenvalue weighted by molar-refractivity contribution is 0.620. The molecule has 0 heteroatoms. The van der Waals surface area contributed by atoms with Gasteiger partial charge in [-0.25, -0.2) is 0 Å². The molecular formula is C21H40. The molecule has 0 aliphatic rings.